The lowest BCUT2D eigenvalue weighted by Gasteiger charge is -2.15. The summed E-state index contributed by atoms with van der Waals surface area (Å²) >= 11 is 12.6. The molecule has 0 fully saturated rings. The average Bonchev–Trinajstić information content (AvgIpc) is 3.29. The number of carboxylic acid groups (broad SMARTS) is 1. The molecule has 0 saturated heterocycles. The maximum atomic E-state index is 13.1. The number of amides is 1. The van der Waals surface area contributed by atoms with Crippen molar-refractivity contribution in [2.45, 2.75) is 25.3 Å². The van der Waals surface area contributed by atoms with Crippen LogP contribution in [0, 0.1) is 0 Å². The van der Waals surface area contributed by atoms with Crippen molar-refractivity contribution in [2.24, 2.45) is 0 Å². The molecule has 0 bridgehead atoms. The monoisotopic (exact) mass is 580 g/mol. The van der Waals surface area contributed by atoms with Crippen LogP contribution in [0.1, 0.15) is 49.6 Å². The van der Waals surface area contributed by atoms with Gasteiger partial charge in [-0.15, -0.1) is 0 Å². The molecule has 0 spiro atoms. The maximum absolute atomic E-state index is 13.1. The van der Waals surface area contributed by atoms with Crippen molar-refractivity contribution in [3.05, 3.63) is 99.2 Å². The van der Waals surface area contributed by atoms with Crippen LogP contribution in [0.4, 0.5) is 0 Å². The number of aryl methyl sites for hydroxylation is 1. The van der Waals surface area contributed by atoms with Gasteiger partial charge in [0.1, 0.15) is 17.5 Å². The van der Waals surface area contributed by atoms with Crippen molar-refractivity contribution in [3.63, 3.8) is 0 Å². The van der Waals surface area contributed by atoms with Crippen molar-refractivity contribution < 1.29 is 34.2 Å². The molecule has 0 saturated carbocycles. The lowest BCUT2D eigenvalue weighted by molar-refractivity contribution is -0.139. The Hall–Kier alpha value is -4.47. The largest absolute Gasteiger partial charge is 0.508 e. The SMILES string of the molecule is O=Cn1c(C(=O)N[C@@H](CC(=O)c2c(Cl)cc(C(=O)CCc3cccc(O)c3)cc2Cl)C(=O)O)cc2ccccc21. The minimum absolute atomic E-state index is 0.0842. The lowest BCUT2D eigenvalue weighted by Crippen LogP contribution is -2.43. The minimum atomic E-state index is -1.66. The Morgan fingerprint density at radius 1 is 0.925 bits per heavy atom. The number of aromatic nitrogens is 1. The second-order valence-corrected chi connectivity index (χ2v) is 9.78. The Bertz CT molecular complexity index is 1640. The van der Waals surface area contributed by atoms with Gasteiger partial charge in [-0.2, -0.15) is 0 Å². The quantitative estimate of drug-likeness (QED) is 0.168. The third-order valence-electron chi connectivity index (χ3n) is 6.27. The number of aromatic hydroxyl groups is 1. The highest BCUT2D eigenvalue weighted by Crippen LogP contribution is 2.29. The molecule has 0 aliphatic carbocycles. The molecule has 40 heavy (non-hydrogen) atoms. The van der Waals surface area contributed by atoms with E-state index in [0.717, 1.165) is 10.1 Å². The fourth-order valence-corrected chi connectivity index (χ4v) is 5.00. The van der Waals surface area contributed by atoms with Crippen LogP contribution in [-0.4, -0.2) is 50.7 Å². The first-order chi connectivity index (χ1) is 19.1. The molecular formula is C29H22Cl2N2O7. The van der Waals surface area contributed by atoms with E-state index in [1.807, 2.05) is 0 Å². The van der Waals surface area contributed by atoms with E-state index in [1.54, 1.807) is 42.5 Å². The molecule has 1 atom stereocenters. The normalized spacial score (nSPS) is 11.7. The Kier molecular flexibility index (Phi) is 8.67. The van der Waals surface area contributed by atoms with Gasteiger partial charge in [0.05, 0.1) is 21.1 Å². The number of carboxylic acids is 1. The number of phenols is 1. The van der Waals surface area contributed by atoms with Gasteiger partial charge >= 0.3 is 5.97 Å². The number of aliphatic carboxylic acids is 1. The van der Waals surface area contributed by atoms with Crippen molar-refractivity contribution in [1.29, 1.82) is 0 Å². The molecule has 3 N–H and O–H groups in total. The Labute approximate surface area is 237 Å². The number of rotatable bonds is 11. The maximum Gasteiger partial charge on any atom is 0.326 e. The zero-order valence-electron chi connectivity index (χ0n) is 20.8. The fraction of sp³-hybridized carbons (Fsp3) is 0.138. The van der Waals surface area contributed by atoms with Crippen molar-refractivity contribution >= 4 is 64.0 Å². The highest BCUT2D eigenvalue weighted by atomic mass is 35.5. The van der Waals surface area contributed by atoms with Crippen LogP contribution >= 0.6 is 23.2 Å². The fourth-order valence-electron chi connectivity index (χ4n) is 4.30. The van der Waals surface area contributed by atoms with Gasteiger partial charge < -0.3 is 15.5 Å². The van der Waals surface area contributed by atoms with Gasteiger partial charge in [0.25, 0.3) is 5.91 Å². The molecule has 4 rings (SSSR count). The van der Waals surface area contributed by atoms with E-state index < -0.39 is 30.1 Å². The van der Waals surface area contributed by atoms with Crippen molar-refractivity contribution in [2.75, 3.05) is 0 Å². The van der Waals surface area contributed by atoms with Crippen LogP contribution in [0.3, 0.4) is 0 Å². The summed E-state index contributed by atoms with van der Waals surface area (Å²) in [6, 6.07) is 15.6. The first-order valence-corrected chi connectivity index (χ1v) is 12.8. The molecule has 9 nitrogen and oxygen atoms in total. The van der Waals surface area contributed by atoms with E-state index in [0.29, 0.717) is 23.7 Å². The number of carbonyl (C=O) groups excluding carboxylic acids is 4. The third kappa shape index (κ3) is 6.22. The van der Waals surface area contributed by atoms with Crippen LogP contribution in [0.15, 0.2) is 66.7 Å². The summed E-state index contributed by atoms with van der Waals surface area (Å²) in [6.45, 7) is 0. The zero-order chi connectivity index (χ0) is 29.0. The number of nitrogens with zero attached hydrogens (tertiary/aromatic N) is 1. The third-order valence-corrected chi connectivity index (χ3v) is 6.87. The van der Waals surface area contributed by atoms with E-state index in [-0.39, 0.29) is 44.8 Å². The summed E-state index contributed by atoms with van der Waals surface area (Å²) in [6.07, 6.45) is 0.192. The highest BCUT2D eigenvalue weighted by molar-refractivity contribution is 6.40. The number of phenolic OH excluding ortho intramolecular Hbond substituents is 1. The number of Topliss-reactive ketones (excluding diaryl/α,β-unsaturated/α-hetero) is 2. The number of hydrogen-bond acceptors (Lipinski definition) is 6. The van der Waals surface area contributed by atoms with E-state index in [4.69, 9.17) is 23.2 Å². The van der Waals surface area contributed by atoms with Crippen molar-refractivity contribution in [3.8, 4) is 5.75 Å². The van der Waals surface area contributed by atoms with Gasteiger partial charge in [0.15, 0.2) is 11.6 Å². The Morgan fingerprint density at radius 2 is 1.62 bits per heavy atom. The van der Waals surface area contributed by atoms with E-state index >= 15 is 0 Å². The van der Waals surface area contributed by atoms with E-state index in [9.17, 15) is 34.2 Å². The number of halogens is 2. The molecule has 204 valence electrons. The van der Waals surface area contributed by atoms with Gasteiger partial charge in [-0.05, 0) is 48.4 Å². The number of fused-ring (bicyclic) bond motifs is 1. The number of carbonyl (C=O) groups is 5. The molecule has 0 aliphatic rings. The molecule has 11 heteroatoms. The minimum Gasteiger partial charge on any atom is -0.508 e. The average molecular weight is 581 g/mol. The van der Waals surface area contributed by atoms with Crippen LogP contribution in [-0.2, 0) is 16.0 Å². The molecule has 3 aromatic carbocycles. The highest BCUT2D eigenvalue weighted by Gasteiger charge is 2.28. The number of hydrogen-bond donors (Lipinski definition) is 3. The molecule has 1 heterocycles. The Balaban J connectivity index is 1.49. The molecule has 0 aliphatic heterocycles. The summed E-state index contributed by atoms with van der Waals surface area (Å²) in [5, 5.41) is 21.9. The standard InChI is InChI=1S/C29H22Cl2N2O7/c30-20-11-18(25(36)9-8-16-4-3-6-19(35)10-16)12-21(31)27(20)26(37)14-22(29(39)40)32-28(38)24-13-17-5-1-2-7-23(17)33(24)15-34/h1-7,10-13,15,22,35H,8-9,14H2,(H,32,38)(H,39,40)/t22-/m0/s1. The van der Waals surface area contributed by atoms with Crippen LogP contribution in [0.25, 0.3) is 10.9 Å². The predicted molar refractivity (Wildman–Crippen MR) is 149 cm³/mol. The van der Waals surface area contributed by atoms with Gasteiger partial charge in [-0.3, -0.25) is 23.7 Å². The van der Waals surface area contributed by atoms with Gasteiger partial charge in [0, 0.05) is 23.8 Å². The number of ketones is 2. The first-order valence-electron chi connectivity index (χ1n) is 12.0. The van der Waals surface area contributed by atoms with Gasteiger partial charge in [-0.25, -0.2) is 4.79 Å². The lowest BCUT2D eigenvalue weighted by atomic mass is 9.98. The summed E-state index contributed by atoms with van der Waals surface area (Å²) < 4.78 is 1.08. The molecule has 1 amide bonds. The van der Waals surface area contributed by atoms with E-state index in [2.05, 4.69) is 5.32 Å². The number of para-hydroxylation sites is 1. The topological polar surface area (TPSA) is 143 Å². The zero-order valence-corrected chi connectivity index (χ0v) is 22.3. The van der Waals surface area contributed by atoms with Gasteiger partial charge in [0.2, 0.25) is 6.41 Å². The molecule has 0 radical (unpaired) electrons. The summed E-state index contributed by atoms with van der Waals surface area (Å²) in [5.74, 6) is -3.33. The number of benzene rings is 3. The van der Waals surface area contributed by atoms with Crippen molar-refractivity contribution in [1.82, 2.24) is 9.88 Å². The predicted octanol–water partition coefficient (Wildman–Crippen LogP) is 4.96. The second-order valence-electron chi connectivity index (χ2n) is 8.96. The smallest absolute Gasteiger partial charge is 0.326 e. The molecule has 4 aromatic rings. The summed E-state index contributed by atoms with van der Waals surface area (Å²) in [5.41, 5.74) is 1.10. The Morgan fingerprint density at radius 3 is 2.27 bits per heavy atom. The van der Waals surface area contributed by atoms with Crippen LogP contribution in [0.5, 0.6) is 5.75 Å². The van der Waals surface area contributed by atoms with E-state index in [1.165, 1.54) is 24.3 Å². The second kappa shape index (κ2) is 12.1. The van der Waals surface area contributed by atoms with Crippen LogP contribution in [0.2, 0.25) is 10.0 Å². The molecule has 0 unspecified atom stereocenters. The molecule has 1 aromatic heterocycles. The number of nitrogens with one attached hydrogen (secondary N) is 1. The first kappa shape index (κ1) is 28.5. The van der Waals surface area contributed by atoms with Crippen LogP contribution < -0.4 is 5.32 Å². The summed E-state index contributed by atoms with van der Waals surface area (Å²) in [7, 11) is 0. The van der Waals surface area contributed by atoms with Gasteiger partial charge in [-0.1, -0.05) is 53.5 Å². The summed E-state index contributed by atoms with van der Waals surface area (Å²) in [4.78, 5) is 62.2. The molecular weight excluding hydrogens is 559 g/mol.